The fraction of sp³-hybridized carbons (Fsp3) is 0.500. The van der Waals surface area contributed by atoms with E-state index in [9.17, 15) is 8.42 Å². The number of nitrogens with two attached hydrogens (primary N) is 1. The molecule has 1 aliphatic rings. The van der Waals surface area contributed by atoms with Gasteiger partial charge in [0.15, 0.2) is 0 Å². The monoisotopic (exact) mass is 270 g/mol. The van der Waals surface area contributed by atoms with Crippen molar-refractivity contribution >= 4 is 10.0 Å². The SMILES string of the molecule is NCc1cccc(S(=O)(=O)NCC2CCOC2)c1. The van der Waals surface area contributed by atoms with Crippen molar-refractivity contribution in [3.63, 3.8) is 0 Å². The van der Waals surface area contributed by atoms with Gasteiger partial charge in [0.05, 0.1) is 11.5 Å². The van der Waals surface area contributed by atoms with Gasteiger partial charge in [0.2, 0.25) is 10.0 Å². The van der Waals surface area contributed by atoms with Crippen LogP contribution in [0.25, 0.3) is 0 Å². The molecule has 5 nitrogen and oxygen atoms in total. The van der Waals surface area contributed by atoms with Crippen molar-refractivity contribution in [2.75, 3.05) is 19.8 Å². The minimum atomic E-state index is -3.44. The molecule has 0 spiro atoms. The molecule has 0 amide bonds. The van der Waals surface area contributed by atoms with Crippen LogP contribution in [0.2, 0.25) is 0 Å². The highest BCUT2D eigenvalue weighted by molar-refractivity contribution is 7.89. The first-order valence-corrected chi connectivity index (χ1v) is 7.46. The molecule has 0 aromatic heterocycles. The number of hydrogen-bond donors (Lipinski definition) is 2. The Morgan fingerprint density at radius 2 is 2.28 bits per heavy atom. The lowest BCUT2D eigenvalue weighted by Gasteiger charge is -2.10. The van der Waals surface area contributed by atoms with Crippen LogP contribution in [-0.4, -0.2) is 28.2 Å². The third kappa shape index (κ3) is 3.29. The number of benzene rings is 1. The Labute approximate surface area is 107 Å². The van der Waals surface area contributed by atoms with Crippen molar-refractivity contribution in [1.82, 2.24) is 4.72 Å². The number of rotatable bonds is 5. The highest BCUT2D eigenvalue weighted by atomic mass is 32.2. The van der Waals surface area contributed by atoms with Crippen LogP contribution >= 0.6 is 0 Å². The standard InChI is InChI=1S/C12H18N2O3S/c13-7-10-2-1-3-12(6-10)18(15,16)14-8-11-4-5-17-9-11/h1-3,6,11,14H,4-5,7-9,13H2. The molecule has 1 heterocycles. The van der Waals surface area contributed by atoms with E-state index in [0.29, 0.717) is 19.7 Å². The first kappa shape index (κ1) is 13.5. The highest BCUT2D eigenvalue weighted by Gasteiger charge is 2.20. The van der Waals surface area contributed by atoms with E-state index in [0.717, 1.165) is 18.6 Å². The van der Waals surface area contributed by atoms with Gasteiger partial charge in [-0.3, -0.25) is 0 Å². The summed E-state index contributed by atoms with van der Waals surface area (Å²) in [5.41, 5.74) is 6.31. The highest BCUT2D eigenvalue weighted by Crippen LogP contribution is 2.14. The van der Waals surface area contributed by atoms with Crippen LogP contribution in [-0.2, 0) is 21.3 Å². The molecule has 1 unspecified atom stereocenters. The normalized spacial score (nSPS) is 20.2. The first-order chi connectivity index (χ1) is 8.62. The Morgan fingerprint density at radius 3 is 2.94 bits per heavy atom. The maximum atomic E-state index is 12.1. The summed E-state index contributed by atoms with van der Waals surface area (Å²) in [5, 5.41) is 0. The molecule has 1 saturated heterocycles. The summed E-state index contributed by atoms with van der Waals surface area (Å²) in [7, 11) is -3.44. The van der Waals surface area contributed by atoms with Crippen LogP contribution in [0.4, 0.5) is 0 Å². The lowest BCUT2D eigenvalue weighted by molar-refractivity contribution is 0.186. The predicted octanol–water partition coefficient (Wildman–Crippen LogP) is 0.460. The maximum absolute atomic E-state index is 12.1. The van der Waals surface area contributed by atoms with Crippen LogP contribution < -0.4 is 10.5 Å². The van der Waals surface area contributed by atoms with Crippen LogP contribution in [0.3, 0.4) is 0 Å². The molecule has 1 fully saturated rings. The molecule has 18 heavy (non-hydrogen) atoms. The molecule has 0 aliphatic carbocycles. The summed E-state index contributed by atoms with van der Waals surface area (Å²) in [6.45, 7) is 2.11. The second-order valence-corrected chi connectivity index (χ2v) is 6.20. The van der Waals surface area contributed by atoms with Gasteiger partial charge >= 0.3 is 0 Å². The van der Waals surface area contributed by atoms with Crippen LogP contribution in [0.15, 0.2) is 29.2 Å². The van der Waals surface area contributed by atoms with E-state index in [4.69, 9.17) is 10.5 Å². The van der Waals surface area contributed by atoms with E-state index < -0.39 is 10.0 Å². The Balaban J connectivity index is 2.04. The summed E-state index contributed by atoms with van der Waals surface area (Å²) in [5.74, 6) is 0.275. The molecule has 6 heteroatoms. The van der Waals surface area contributed by atoms with Crippen molar-refractivity contribution in [1.29, 1.82) is 0 Å². The molecular weight excluding hydrogens is 252 g/mol. The van der Waals surface area contributed by atoms with Gasteiger partial charge in [-0.1, -0.05) is 12.1 Å². The summed E-state index contributed by atoms with van der Waals surface area (Å²) >= 11 is 0. The third-order valence-corrected chi connectivity index (χ3v) is 4.45. The zero-order valence-electron chi connectivity index (χ0n) is 10.1. The third-order valence-electron chi connectivity index (χ3n) is 3.03. The fourth-order valence-corrected chi connectivity index (χ4v) is 3.08. The van der Waals surface area contributed by atoms with Gasteiger partial charge in [-0.05, 0) is 30.0 Å². The van der Waals surface area contributed by atoms with Crippen molar-refractivity contribution < 1.29 is 13.2 Å². The number of sulfonamides is 1. The van der Waals surface area contributed by atoms with Gasteiger partial charge in [-0.2, -0.15) is 0 Å². The van der Waals surface area contributed by atoms with E-state index in [1.54, 1.807) is 18.2 Å². The largest absolute Gasteiger partial charge is 0.381 e. The first-order valence-electron chi connectivity index (χ1n) is 5.98. The van der Waals surface area contributed by atoms with Crippen LogP contribution in [0.1, 0.15) is 12.0 Å². The molecule has 0 saturated carbocycles. The van der Waals surface area contributed by atoms with Crippen molar-refractivity contribution in [3.8, 4) is 0 Å². The summed E-state index contributed by atoms with van der Waals surface area (Å²) in [6.07, 6.45) is 0.908. The van der Waals surface area contributed by atoms with E-state index in [1.165, 1.54) is 0 Å². The smallest absolute Gasteiger partial charge is 0.240 e. The quantitative estimate of drug-likeness (QED) is 0.814. The van der Waals surface area contributed by atoms with Gasteiger partial charge in [0.1, 0.15) is 0 Å². The topological polar surface area (TPSA) is 81.4 Å². The van der Waals surface area contributed by atoms with Gasteiger partial charge in [-0.15, -0.1) is 0 Å². The van der Waals surface area contributed by atoms with Crippen molar-refractivity contribution in [2.45, 2.75) is 17.9 Å². The zero-order valence-corrected chi connectivity index (χ0v) is 10.9. The van der Waals surface area contributed by atoms with Crippen molar-refractivity contribution in [3.05, 3.63) is 29.8 Å². The maximum Gasteiger partial charge on any atom is 0.240 e. The molecule has 1 aromatic rings. The van der Waals surface area contributed by atoms with E-state index in [2.05, 4.69) is 4.72 Å². The van der Waals surface area contributed by atoms with Gasteiger partial charge in [0.25, 0.3) is 0 Å². The fourth-order valence-electron chi connectivity index (χ4n) is 1.89. The zero-order chi connectivity index (χ0) is 13.0. The van der Waals surface area contributed by atoms with Crippen molar-refractivity contribution in [2.24, 2.45) is 11.7 Å². The van der Waals surface area contributed by atoms with Gasteiger partial charge in [0, 0.05) is 19.7 Å². The van der Waals surface area contributed by atoms with E-state index in [1.807, 2.05) is 6.07 Å². The summed E-state index contributed by atoms with van der Waals surface area (Å²) in [6, 6.07) is 6.69. The second-order valence-electron chi connectivity index (χ2n) is 4.43. The Kier molecular flexibility index (Phi) is 4.34. The number of nitrogens with one attached hydrogen (secondary N) is 1. The summed E-state index contributed by atoms with van der Waals surface area (Å²) in [4.78, 5) is 0.268. The molecule has 1 aliphatic heterocycles. The van der Waals surface area contributed by atoms with E-state index in [-0.39, 0.29) is 10.8 Å². The lowest BCUT2D eigenvalue weighted by Crippen LogP contribution is -2.29. The molecule has 1 atom stereocenters. The molecule has 2 rings (SSSR count). The number of ether oxygens (including phenoxy) is 1. The Morgan fingerprint density at radius 1 is 1.44 bits per heavy atom. The second kappa shape index (κ2) is 5.79. The summed E-state index contributed by atoms with van der Waals surface area (Å²) < 4.78 is 32.0. The van der Waals surface area contributed by atoms with Crippen LogP contribution in [0.5, 0.6) is 0 Å². The average molecular weight is 270 g/mol. The molecule has 1 aromatic carbocycles. The molecule has 3 N–H and O–H groups in total. The lowest BCUT2D eigenvalue weighted by atomic mass is 10.1. The molecule has 0 bridgehead atoms. The average Bonchev–Trinajstić information content (AvgIpc) is 2.90. The van der Waals surface area contributed by atoms with E-state index >= 15 is 0 Å². The number of hydrogen-bond acceptors (Lipinski definition) is 4. The minimum Gasteiger partial charge on any atom is -0.381 e. The Bertz CT molecular complexity index is 496. The van der Waals surface area contributed by atoms with Gasteiger partial charge < -0.3 is 10.5 Å². The predicted molar refractivity (Wildman–Crippen MR) is 68.4 cm³/mol. The Hall–Kier alpha value is -0.950. The van der Waals surface area contributed by atoms with Gasteiger partial charge in [-0.25, -0.2) is 13.1 Å². The van der Waals surface area contributed by atoms with Crippen LogP contribution in [0, 0.1) is 5.92 Å². The molecular formula is C12H18N2O3S. The minimum absolute atomic E-state index is 0.268. The molecule has 100 valence electrons. The molecule has 0 radical (unpaired) electrons.